The van der Waals surface area contributed by atoms with E-state index < -0.39 is 12.0 Å². The quantitative estimate of drug-likeness (QED) is 0.559. The van der Waals surface area contributed by atoms with Gasteiger partial charge in [0.1, 0.15) is 6.04 Å². The smallest absolute Gasteiger partial charge is 0.326 e. The molecule has 0 aromatic rings. The minimum atomic E-state index is -1.09. The Hall–Kier alpha value is -1.66. The van der Waals surface area contributed by atoms with Gasteiger partial charge in [0.25, 0.3) is 0 Å². The average Bonchev–Trinajstić information content (AvgIpc) is 2.53. The molecule has 3 N–H and O–H groups in total. The molecule has 0 aromatic heterocycles. The number of hydrogen-bond donors (Lipinski definition) is 3. The van der Waals surface area contributed by atoms with E-state index in [1.54, 1.807) is 6.08 Å². The van der Waals surface area contributed by atoms with Crippen LogP contribution in [-0.4, -0.2) is 46.9 Å². The maximum Gasteiger partial charge on any atom is 0.326 e. The summed E-state index contributed by atoms with van der Waals surface area (Å²) in [6, 6.07) is -0.967. The monoisotopic (exact) mass is 339 g/mol. The highest BCUT2D eigenvalue weighted by Crippen LogP contribution is 2.30. The lowest BCUT2D eigenvalue weighted by atomic mass is 9.88. The van der Waals surface area contributed by atoms with Crippen LogP contribution >= 0.6 is 0 Å². The maximum atomic E-state index is 12.1. The summed E-state index contributed by atoms with van der Waals surface area (Å²) in [4.78, 5) is 23.3. The first-order valence-corrected chi connectivity index (χ1v) is 8.46. The van der Waals surface area contributed by atoms with E-state index in [1.165, 1.54) is 0 Å². The van der Waals surface area contributed by atoms with E-state index >= 15 is 0 Å². The van der Waals surface area contributed by atoms with Crippen molar-refractivity contribution in [1.29, 1.82) is 0 Å². The molecule has 0 radical (unpaired) electrons. The van der Waals surface area contributed by atoms with Crippen molar-refractivity contribution in [1.82, 2.24) is 5.32 Å². The summed E-state index contributed by atoms with van der Waals surface area (Å²) in [5.74, 6) is -1.04. The van der Waals surface area contributed by atoms with Crippen LogP contribution in [0.15, 0.2) is 24.3 Å². The number of carbonyl (C=O) groups excluding carboxylic acids is 1. The Labute approximate surface area is 143 Å². The maximum absolute atomic E-state index is 12.1. The molecule has 0 spiro atoms. The average molecular weight is 339 g/mol. The third-order valence-electron chi connectivity index (χ3n) is 4.33. The van der Waals surface area contributed by atoms with Gasteiger partial charge < -0.3 is 20.3 Å². The van der Waals surface area contributed by atoms with Crippen LogP contribution in [0.3, 0.4) is 0 Å². The molecule has 1 aliphatic rings. The fourth-order valence-electron chi connectivity index (χ4n) is 3.01. The van der Waals surface area contributed by atoms with E-state index in [4.69, 9.17) is 14.9 Å². The molecule has 1 heterocycles. The molecule has 0 bridgehead atoms. The van der Waals surface area contributed by atoms with E-state index in [9.17, 15) is 9.59 Å². The van der Waals surface area contributed by atoms with Crippen molar-refractivity contribution < 1.29 is 24.5 Å². The van der Waals surface area contributed by atoms with Crippen LogP contribution in [-0.2, 0) is 14.3 Å². The molecule has 1 rings (SSSR count). The first kappa shape index (κ1) is 20.4. The Bertz CT molecular complexity index is 474. The Morgan fingerprint density at radius 3 is 2.71 bits per heavy atom. The number of hydrogen-bond acceptors (Lipinski definition) is 4. The lowest BCUT2D eigenvalue weighted by molar-refractivity contribution is -0.143. The Kier molecular flexibility index (Phi) is 8.71. The zero-order chi connectivity index (χ0) is 18.1. The first-order chi connectivity index (χ1) is 11.4. The topological polar surface area (TPSA) is 95.9 Å². The van der Waals surface area contributed by atoms with Gasteiger partial charge in [-0.05, 0) is 44.1 Å². The number of carboxylic acids is 1. The van der Waals surface area contributed by atoms with Gasteiger partial charge in [0.05, 0.1) is 18.6 Å². The van der Waals surface area contributed by atoms with Gasteiger partial charge in [-0.3, -0.25) is 4.79 Å². The van der Waals surface area contributed by atoms with Gasteiger partial charge in [0.2, 0.25) is 5.91 Å². The van der Waals surface area contributed by atoms with Crippen molar-refractivity contribution in [2.75, 3.05) is 6.61 Å². The van der Waals surface area contributed by atoms with Crippen molar-refractivity contribution >= 4 is 11.9 Å². The van der Waals surface area contributed by atoms with Crippen molar-refractivity contribution in [2.45, 2.75) is 64.2 Å². The van der Waals surface area contributed by atoms with E-state index in [2.05, 4.69) is 18.8 Å². The molecular formula is C18H29NO5. The van der Waals surface area contributed by atoms with Crippen LogP contribution in [0, 0.1) is 5.92 Å². The number of ether oxygens (including phenoxy) is 1. The normalized spacial score (nSPS) is 25.8. The van der Waals surface area contributed by atoms with Crippen LogP contribution in [0.25, 0.3) is 0 Å². The third-order valence-corrected chi connectivity index (χ3v) is 4.33. The zero-order valence-corrected chi connectivity index (χ0v) is 14.5. The van der Waals surface area contributed by atoms with Crippen molar-refractivity contribution in [3.8, 4) is 0 Å². The third kappa shape index (κ3) is 6.45. The van der Waals surface area contributed by atoms with E-state index in [1.807, 2.05) is 13.0 Å². The molecule has 0 aliphatic carbocycles. The van der Waals surface area contributed by atoms with Gasteiger partial charge in [-0.1, -0.05) is 25.7 Å². The second-order valence-electron chi connectivity index (χ2n) is 6.41. The van der Waals surface area contributed by atoms with Crippen molar-refractivity contribution in [3.05, 3.63) is 24.3 Å². The fourth-order valence-corrected chi connectivity index (χ4v) is 3.01. The van der Waals surface area contributed by atoms with Crippen LogP contribution in [0.4, 0.5) is 0 Å². The van der Waals surface area contributed by atoms with Gasteiger partial charge in [-0.15, -0.1) is 0 Å². The highest BCUT2D eigenvalue weighted by Gasteiger charge is 2.31. The Balaban J connectivity index is 2.58. The van der Waals surface area contributed by atoms with Crippen LogP contribution < -0.4 is 5.32 Å². The number of allylic oxidation sites excluding steroid dienone is 2. The number of carboxylic acid groups (broad SMARTS) is 1. The van der Waals surface area contributed by atoms with Gasteiger partial charge >= 0.3 is 5.97 Å². The number of nitrogens with one attached hydrogen (secondary N) is 1. The lowest BCUT2D eigenvalue weighted by Gasteiger charge is -2.35. The number of aliphatic carboxylic acids is 1. The number of aliphatic hydroxyl groups excluding tert-OH is 1. The van der Waals surface area contributed by atoms with E-state index in [0.717, 1.165) is 18.4 Å². The van der Waals surface area contributed by atoms with Crippen molar-refractivity contribution in [2.24, 2.45) is 5.92 Å². The zero-order valence-electron chi connectivity index (χ0n) is 14.5. The van der Waals surface area contributed by atoms with E-state index in [-0.39, 0.29) is 37.6 Å². The Morgan fingerprint density at radius 1 is 1.42 bits per heavy atom. The highest BCUT2D eigenvalue weighted by molar-refractivity contribution is 5.83. The summed E-state index contributed by atoms with van der Waals surface area (Å²) < 4.78 is 6.04. The summed E-state index contributed by atoms with van der Waals surface area (Å²) >= 11 is 0. The minimum Gasteiger partial charge on any atom is -0.480 e. The molecule has 0 aromatic carbocycles. The molecule has 1 saturated heterocycles. The fraction of sp³-hybridized carbons (Fsp3) is 0.667. The molecule has 24 heavy (non-hydrogen) atoms. The highest BCUT2D eigenvalue weighted by atomic mass is 16.5. The molecule has 4 atom stereocenters. The molecule has 136 valence electrons. The molecular weight excluding hydrogens is 310 g/mol. The molecule has 0 saturated carbocycles. The molecule has 6 nitrogen and oxygen atoms in total. The number of amides is 1. The summed E-state index contributed by atoms with van der Waals surface area (Å²) in [5, 5.41) is 20.4. The summed E-state index contributed by atoms with van der Waals surface area (Å²) in [7, 11) is 0. The van der Waals surface area contributed by atoms with Gasteiger partial charge in [-0.25, -0.2) is 4.79 Å². The van der Waals surface area contributed by atoms with Crippen LogP contribution in [0.5, 0.6) is 0 Å². The second-order valence-corrected chi connectivity index (χ2v) is 6.41. The minimum absolute atomic E-state index is 0.0424. The van der Waals surface area contributed by atoms with Crippen molar-refractivity contribution in [3.63, 3.8) is 0 Å². The number of carbonyl (C=O) groups is 2. The van der Waals surface area contributed by atoms with Gasteiger partial charge in [0, 0.05) is 6.61 Å². The molecule has 1 fully saturated rings. The Morgan fingerprint density at radius 2 is 2.12 bits per heavy atom. The molecule has 1 aliphatic heterocycles. The molecule has 1 amide bonds. The van der Waals surface area contributed by atoms with Crippen LogP contribution in [0.1, 0.15) is 46.0 Å². The molecule has 0 unspecified atom stereocenters. The summed E-state index contributed by atoms with van der Waals surface area (Å²) in [6.45, 7) is 7.70. The summed E-state index contributed by atoms with van der Waals surface area (Å²) in [6.07, 6.45) is 5.81. The molecule has 6 heteroatoms. The predicted molar refractivity (Wildman–Crippen MR) is 91.5 cm³/mol. The first-order valence-electron chi connectivity index (χ1n) is 8.46. The standard InChI is InChI=1S/C18H29NO5/c1-4-6-12(2)17-13(3)8-9-14(24-17)11-16(21)19-15(18(22)23)7-5-10-20/h4,6,13-15,17,20H,1,5,7-11H2,2-3H3,(H,19,21)(H,22,23)/b12-6+/t13-,14+,15-,17+/m0/s1. The summed E-state index contributed by atoms with van der Waals surface area (Å²) in [5.41, 5.74) is 1.08. The van der Waals surface area contributed by atoms with Crippen LogP contribution in [0.2, 0.25) is 0 Å². The van der Waals surface area contributed by atoms with Gasteiger partial charge in [-0.2, -0.15) is 0 Å². The largest absolute Gasteiger partial charge is 0.480 e. The van der Waals surface area contributed by atoms with Gasteiger partial charge in [0.15, 0.2) is 0 Å². The SMILES string of the molecule is C=C/C=C(\C)[C@H]1O[C@@H](CC(=O)N[C@@H](CCCO)C(=O)O)CC[C@@H]1C. The lowest BCUT2D eigenvalue weighted by Crippen LogP contribution is -2.43. The number of aliphatic hydroxyl groups is 1. The second kappa shape index (κ2) is 10.3. The predicted octanol–water partition coefficient (Wildman–Crippen LogP) is 2.03. The number of rotatable bonds is 9. The van der Waals surface area contributed by atoms with E-state index in [0.29, 0.717) is 12.3 Å².